The maximum absolute atomic E-state index is 13.4. The van der Waals surface area contributed by atoms with Crippen LogP contribution in [-0.2, 0) is 4.74 Å². The molecule has 0 bridgehead atoms. The average Bonchev–Trinajstić information content (AvgIpc) is 2.42. The zero-order valence-corrected chi connectivity index (χ0v) is 11.0. The van der Waals surface area contributed by atoms with Gasteiger partial charge in [-0.1, -0.05) is 19.4 Å². The Balaban J connectivity index is 2.41. The van der Waals surface area contributed by atoms with E-state index in [-0.39, 0.29) is 24.5 Å². The second-order valence-electron chi connectivity index (χ2n) is 4.17. The lowest BCUT2D eigenvalue weighted by atomic mass is 10.2. The van der Waals surface area contributed by atoms with E-state index in [1.807, 2.05) is 6.92 Å². The van der Waals surface area contributed by atoms with Crippen LogP contribution >= 0.6 is 0 Å². The van der Waals surface area contributed by atoms with E-state index in [9.17, 15) is 14.3 Å². The number of rotatable bonds is 9. The first-order valence-corrected chi connectivity index (χ1v) is 6.31. The Morgan fingerprint density at radius 2 is 2.21 bits per heavy atom. The Labute approximate surface area is 112 Å². The standard InChI is InChI=1S/C14H19FO4/c1-2-3-7-18-9-12(17)10-19-14-11(8-16)5-4-6-13(14)15/h4-6,8,12,17H,2-3,7,9-10H2,1H3. The number of aliphatic hydroxyl groups excluding tert-OH is 1. The number of aldehydes is 1. The van der Waals surface area contributed by atoms with Crippen molar-refractivity contribution < 1.29 is 23.8 Å². The number of para-hydroxylation sites is 1. The monoisotopic (exact) mass is 270 g/mol. The van der Waals surface area contributed by atoms with Gasteiger partial charge in [0.15, 0.2) is 17.9 Å². The van der Waals surface area contributed by atoms with Gasteiger partial charge in [0, 0.05) is 6.61 Å². The van der Waals surface area contributed by atoms with Crippen molar-refractivity contribution >= 4 is 6.29 Å². The Bertz CT molecular complexity index is 395. The number of aliphatic hydroxyl groups is 1. The Kier molecular flexibility index (Phi) is 7.07. The van der Waals surface area contributed by atoms with Gasteiger partial charge in [-0.2, -0.15) is 0 Å². The molecule has 0 heterocycles. The van der Waals surface area contributed by atoms with Crippen LogP contribution in [-0.4, -0.2) is 37.3 Å². The van der Waals surface area contributed by atoms with E-state index in [2.05, 4.69) is 0 Å². The van der Waals surface area contributed by atoms with Crippen molar-refractivity contribution in [2.45, 2.75) is 25.9 Å². The van der Waals surface area contributed by atoms with E-state index in [1.54, 1.807) is 0 Å². The minimum Gasteiger partial charge on any atom is -0.487 e. The number of hydrogen-bond donors (Lipinski definition) is 1. The SMILES string of the molecule is CCCCOCC(O)COc1c(F)cccc1C=O. The van der Waals surface area contributed by atoms with Crippen molar-refractivity contribution in [2.24, 2.45) is 0 Å². The molecular formula is C14H19FO4. The van der Waals surface area contributed by atoms with Crippen LogP contribution < -0.4 is 4.74 Å². The molecule has 0 radical (unpaired) electrons. The summed E-state index contributed by atoms with van der Waals surface area (Å²) < 4.78 is 23.8. The smallest absolute Gasteiger partial charge is 0.165 e. The van der Waals surface area contributed by atoms with Crippen LogP contribution in [0.4, 0.5) is 4.39 Å². The first-order valence-electron chi connectivity index (χ1n) is 6.31. The topological polar surface area (TPSA) is 55.8 Å². The van der Waals surface area contributed by atoms with E-state index in [0.717, 1.165) is 12.8 Å². The number of unbranched alkanes of at least 4 members (excludes halogenated alkanes) is 1. The highest BCUT2D eigenvalue weighted by Gasteiger charge is 2.12. The molecular weight excluding hydrogens is 251 g/mol. The lowest BCUT2D eigenvalue weighted by Gasteiger charge is -2.14. The molecule has 1 N–H and O–H groups in total. The zero-order valence-electron chi connectivity index (χ0n) is 11.0. The number of hydrogen-bond acceptors (Lipinski definition) is 4. The van der Waals surface area contributed by atoms with Gasteiger partial charge in [0.1, 0.15) is 12.7 Å². The molecule has 0 fully saturated rings. The summed E-state index contributed by atoms with van der Waals surface area (Å²) in [4.78, 5) is 10.7. The highest BCUT2D eigenvalue weighted by molar-refractivity contribution is 5.79. The molecule has 5 heteroatoms. The Morgan fingerprint density at radius 1 is 1.42 bits per heavy atom. The molecule has 0 aliphatic rings. The quantitative estimate of drug-likeness (QED) is 0.552. The summed E-state index contributed by atoms with van der Waals surface area (Å²) in [5, 5.41) is 9.60. The molecule has 0 saturated heterocycles. The fourth-order valence-corrected chi connectivity index (χ4v) is 1.46. The molecule has 1 aromatic rings. The third-order valence-corrected chi connectivity index (χ3v) is 2.50. The number of ether oxygens (including phenoxy) is 2. The van der Waals surface area contributed by atoms with Crippen molar-refractivity contribution in [3.8, 4) is 5.75 Å². The van der Waals surface area contributed by atoms with Crippen LogP contribution in [0.25, 0.3) is 0 Å². The Morgan fingerprint density at radius 3 is 2.89 bits per heavy atom. The zero-order chi connectivity index (χ0) is 14.1. The molecule has 1 atom stereocenters. The minimum absolute atomic E-state index is 0.117. The second kappa shape index (κ2) is 8.61. The second-order valence-corrected chi connectivity index (χ2v) is 4.17. The lowest BCUT2D eigenvalue weighted by molar-refractivity contribution is 0.0105. The molecule has 0 amide bonds. The molecule has 4 nitrogen and oxygen atoms in total. The van der Waals surface area contributed by atoms with Gasteiger partial charge in [0.2, 0.25) is 0 Å². The highest BCUT2D eigenvalue weighted by Crippen LogP contribution is 2.21. The van der Waals surface area contributed by atoms with Crippen molar-refractivity contribution in [3.05, 3.63) is 29.6 Å². The van der Waals surface area contributed by atoms with Gasteiger partial charge in [0.05, 0.1) is 12.2 Å². The predicted octanol–water partition coefficient (Wildman–Crippen LogP) is 2.19. The number of halogens is 1. The minimum atomic E-state index is -0.851. The van der Waals surface area contributed by atoms with Crippen molar-refractivity contribution in [2.75, 3.05) is 19.8 Å². The number of benzene rings is 1. The molecule has 1 aromatic carbocycles. The fourth-order valence-electron chi connectivity index (χ4n) is 1.46. The van der Waals surface area contributed by atoms with Crippen LogP contribution in [0.3, 0.4) is 0 Å². The van der Waals surface area contributed by atoms with Crippen LogP contribution in [0, 0.1) is 5.82 Å². The maximum Gasteiger partial charge on any atom is 0.165 e. The van der Waals surface area contributed by atoms with Crippen molar-refractivity contribution in [1.29, 1.82) is 0 Å². The van der Waals surface area contributed by atoms with Gasteiger partial charge in [-0.3, -0.25) is 4.79 Å². The summed E-state index contributed by atoms with van der Waals surface area (Å²) in [7, 11) is 0. The third kappa shape index (κ3) is 5.36. The van der Waals surface area contributed by atoms with Crippen molar-refractivity contribution in [1.82, 2.24) is 0 Å². The van der Waals surface area contributed by atoms with E-state index >= 15 is 0 Å². The largest absolute Gasteiger partial charge is 0.487 e. The maximum atomic E-state index is 13.4. The molecule has 1 unspecified atom stereocenters. The molecule has 0 aliphatic heterocycles. The summed E-state index contributed by atoms with van der Waals surface area (Å²) in [5.74, 6) is -0.756. The van der Waals surface area contributed by atoms with E-state index in [4.69, 9.17) is 9.47 Å². The summed E-state index contributed by atoms with van der Waals surface area (Å²) in [5.41, 5.74) is 0.124. The first-order chi connectivity index (χ1) is 9.19. The Hall–Kier alpha value is -1.46. The van der Waals surface area contributed by atoms with Crippen LogP contribution in [0.15, 0.2) is 18.2 Å². The van der Waals surface area contributed by atoms with Gasteiger partial charge in [-0.15, -0.1) is 0 Å². The lowest BCUT2D eigenvalue weighted by Crippen LogP contribution is -2.24. The first kappa shape index (κ1) is 15.6. The van der Waals surface area contributed by atoms with Gasteiger partial charge in [0.25, 0.3) is 0 Å². The van der Waals surface area contributed by atoms with Crippen LogP contribution in [0.5, 0.6) is 5.75 Å². The fraction of sp³-hybridized carbons (Fsp3) is 0.500. The molecule has 19 heavy (non-hydrogen) atoms. The van der Waals surface area contributed by atoms with Gasteiger partial charge in [-0.05, 0) is 18.6 Å². The van der Waals surface area contributed by atoms with Crippen molar-refractivity contribution in [3.63, 3.8) is 0 Å². The summed E-state index contributed by atoms with van der Waals surface area (Å²) in [6.07, 6.45) is 1.61. The van der Waals surface area contributed by atoms with Gasteiger partial charge < -0.3 is 14.6 Å². The highest BCUT2D eigenvalue weighted by atomic mass is 19.1. The predicted molar refractivity (Wildman–Crippen MR) is 69.0 cm³/mol. The molecule has 0 spiro atoms. The molecule has 0 aliphatic carbocycles. The molecule has 0 aromatic heterocycles. The van der Waals surface area contributed by atoms with Crippen LogP contribution in [0.1, 0.15) is 30.1 Å². The third-order valence-electron chi connectivity index (χ3n) is 2.50. The van der Waals surface area contributed by atoms with E-state index in [0.29, 0.717) is 12.9 Å². The summed E-state index contributed by atoms with van der Waals surface area (Å²) in [6, 6.07) is 4.08. The molecule has 0 saturated carbocycles. The van der Waals surface area contributed by atoms with E-state index < -0.39 is 11.9 Å². The molecule has 106 valence electrons. The molecule has 1 rings (SSSR count). The van der Waals surface area contributed by atoms with E-state index in [1.165, 1.54) is 18.2 Å². The van der Waals surface area contributed by atoms with Crippen LogP contribution in [0.2, 0.25) is 0 Å². The number of carbonyl (C=O) groups excluding carboxylic acids is 1. The van der Waals surface area contributed by atoms with Gasteiger partial charge >= 0.3 is 0 Å². The number of carbonyl (C=O) groups is 1. The summed E-state index contributed by atoms with van der Waals surface area (Å²) >= 11 is 0. The normalized spacial score (nSPS) is 12.2. The van der Waals surface area contributed by atoms with Gasteiger partial charge in [-0.25, -0.2) is 4.39 Å². The summed E-state index contributed by atoms with van der Waals surface area (Å²) in [6.45, 7) is 2.63. The average molecular weight is 270 g/mol.